The molecule has 0 radical (unpaired) electrons. The third kappa shape index (κ3) is 2.25. The summed E-state index contributed by atoms with van der Waals surface area (Å²) in [6, 6.07) is 0. The molecule has 4 heteroatoms. The standard InChI is InChI=1S/C10H22N2O2/c1-6-14-12-9(2,3)7-11(13)8-10(12,4)5/h13H,6-8H2,1-5H3. The molecule has 1 aliphatic rings. The molecular weight excluding hydrogens is 180 g/mol. The highest BCUT2D eigenvalue weighted by Crippen LogP contribution is 2.31. The Hall–Kier alpha value is -0.160. The molecule has 14 heavy (non-hydrogen) atoms. The topological polar surface area (TPSA) is 35.9 Å². The van der Waals surface area contributed by atoms with Gasteiger partial charge in [0.2, 0.25) is 0 Å². The number of rotatable bonds is 2. The first-order chi connectivity index (χ1) is 6.29. The number of piperazine rings is 1. The summed E-state index contributed by atoms with van der Waals surface area (Å²) in [5.41, 5.74) is -0.320. The van der Waals surface area contributed by atoms with E-state index < -0.39 is 0 Å². The van der Waals surface area contributed by atoms with E-state index in [2.05, 4.69) is 27.7 Å². The van der Waals surface area contributed by atoms with Crippen LogP contribution in [-0.4, -0.2) is 46.1 Å². The van der Waals surface area contributed by atoms with Gasteiger partial charge in [0.05, 0.1) is 17.7 Å². The van der Waals surface area contributed by atoms with Gasteiger partial charge in [-0.3, -0.25) is 4.84 Å². The Balaban J connectivity index is 2.85. The van der Waals surface area contributed by atoms with Crippen molar-refractivity contribution in [1.82, 2.24) is 10.1 Å². The zero-order valence-electron chi connectivity index (χ0n) is 9.87. The molecule has 0 aliphatic carbocycles. The van der Waals surface area contributed by atoms with Crippen molar-refractivity contribution >= 4 is 0 Å². The van der Waals surface area contributed by atoms with E-state index >= 15 is 0 Å². The van der Waals surface area contributed by atoms with E-state index in [1.54, 1.807) is 0 Å². The average molecular weight is 202 g/mol. The van der Waals surface area contributed by atoms with Crippen LogP contribution in [0, 0.1) is 0 Å². The maximum Gasteiger partial charge on any atom is 0.0657 e. The molecule has 4 nitrogen and oxygen atoms in total. The molecule has 0 aromatic heterocycles. The van der Waals surface area contributed by atoms with E-state index in [-0.39, 0.29) is 11.1 Å². The number of hydrogen-bond acceptors (Lipinski definition) is 4. The molecule has 1 N–H and O–H groups in total. The van der Waals surface area contributed by atoms with E-state index in [0.29, 0.717) is 19.7 Å². The summed E-state index contributed by atoms with van der Waals surface area (Å²) in [6.45, 7) is 12.2. The summed E-state index contributed by atoms with van der Waals surface area (Å²) in [4.78, 5) is 5.66. The number of hydrogen-bond donors (Lipinski definition) is 1. The van der Waals surface area contributed by atoms with Crippen molar-refractivity contribution in [2.45, 2.75) is 45.7 Å². The third-order valence-corrected chi connectivity index (χ3v) is 2.50. The molecule has 0 amide bonds. The minimum Gasteiger partial charge on any atom is -0.314 e. The van der Waals surface area contributed by atoms with Crippen molar-refractivity contribution < 1.29 is 10.0 Å². The molecule has 1 saturated heterocycles. The fourth-order valence-corrected chi connectivity index (χ4v) is 2.38. The van der Waals surface area contributed by atoms with Crippen molar-refractivity contribution in [2.24, 2.45) is 0 Å². The van der Waals surface area contributed by atoms with E-state index in [4.69, 9.17) is 4.84 Å². The first kappa shape index (κ1) is 11.9. The lowest BCUT2D eigenvalue weighted by molar-refractivity contribution is -0.317. The van der Waals surface area contributed by atoms with Gasteiger partial charge in [-0.05, 0) is 34.6 Å². The van der Waals surface area contributed by atoms with Gasteiger partial charge in [-0.25, -0.2) is 0 Å². The Bertz CT molecular complexity index is 186. The monoisotopic (exact) mass is 202 g/mol. The molecule has 1 aliphatic heterocycles. The van der Waals surface area contributed by atoms with Gasteiger partial charge in [0, 0.05) is 13.1 Å². The van der Waals surface area contributed by atoms with Crippen LogP contribution < -0.4 is 0 Å². The van der Waals surface area contributed by atoms with E-state index in [1.165, 1.54) is 5.06 Å². The van der Waals surface area contributed by atoms with Gasteiger partial charge in [0.15, 0.2) is 0 Å². The first-order valence-corrected chi connectivity index (χ1v) is 5.17. The van der Waals surface area contributed by atoms with E-state index in [0.717, 1.165) is 0 Å². The van der Waals surface area contributed by atoms with E-state index in [9.17, 15) is 5.21 Å². The predicted molar refractivity (Wildman–Crippen MR) is 55.0 cm³/mol. The molecule has 0 atom stereocenters. The molecule has 0 saturated carbocycles. The van der Waals surface area contributed by atoms with Crippen molar-refractivity contribution in [3.8, 4) is 0 Å². The first-order valence-electron chi connectivity index (χ1n) is 5.17. The zero-order chi connectivity index (χ0) is 11.0. The Kier molecular flexibility index (Phi) is 3.21. The van der Waals surface area contributed by atoms with Gasteiger partial charge in [-0.15, -0.1) is 0 Å². The minimum absolute atomic E-state index is 0.160. The van der Waals surface area contributed by atoms with Crippen molar-refractivity contribution in [3.05, 3.63) is 0 Å². The fourth-order valence-electron chi connectivity index (χ4n) is 2.38. The van der Waals surface area contributed by atoms with Gasteiger partial charge >= 0.3 is 0 Å². The lowest BCUT2D eigenvalue weighted by atomic mass is 9.92. The molecule has 1 fully saturated rings. The van der Waals surface area contributed by atoms with Crippen molar-refractivity contribution in [2.75, 3.05) is 19.7 Å². The second-order valence-corrected chi connectivity index (χ2v) is 5.16. The maximum absolute atomic E-state index is 9.62. The molecule has 0 unspecified atom stereocenters. The number of nitrogens with zero attached hydrogens (tertiary/aromatic N) is 2. The molecule has 0 spiro atoms. The van der Waals surface area contributed by atoms with Crippen molar-refractivity contribution in [1.29, 1.82) is 0 Å². The Morgan fingerprint density at radius 2 is 1.57 bits per heavy atom. The highest BCUT2D eigenvalue weighted by Gasteiger charge is 2.45. The van der Waals surface area contributed by atoms with Gasteiger partial charge in [0.25, 0.3) is 0 Å². The van der Waals surface area contributed by atoms with Gasteiger partial charge in [-0.2, -0.15) is 10.1 Å². The van der Waals surface area contributed by atoms with Crippen LogP contribution in [0.25, 0.3) is 0 Å². The van der Waals surface area contributed by atoms with Gasteiger partial charge in [0.1, 0.15) is 0 Å². The summed E-state index contributed by atoms with van der Waals surface area (Å²) in [7, 11) is 0. The predicted octanol–water partition coefficient (Wildman–Crippen LogP) is 1.50. The van der Waals surface area contributed by atoms with Crippen molar-refractivity contribution in [3.63, 3.8) is 0 Å². The summed E-state index contributed by atoms with van der Waals surface area (Å²) in [5.74, 6) is 0. The highest BCUT2D eigenvalue weighted by molar-refractivity contribution is 4.95. The Morgan fingerprint density at radius 3 is 1.93 bits per heavy atom. The molecule has 1 rings (SSSR count). The lowest BCUT2D eigenvalue weighted by Crippen LogP contribution is -2.67. The van der Waals surface area contributed by atoms with E-state index in [1.807, 2.05) is 12.0 Å². The summed E-state index contributed by atoms with van der Waals surface area (Å²) >= 11 is 0. The summed E-state index contributed by atoms with van der Waals surface area (Å²) in [5, 5.41) is 13.0. The van der Waals surface area contributed by atoms with Crippen LogP contribution in [0.5, 0.6) is 0 Å². The summed E-state index contributed by atoms with van der Waals surface area (Å²) < 4.78 is 0. The average Bonchev–Trinajstić information content (AvgIpc) is 1.94. The fraction of sp³-hybridized carbons (Fsp3) is 1.00. The summed E-state index contributed by atoms with van der Waals surface area (Å²) in [6.07, 6.45) is 0. The second-order valence-electron chi connectivity index (χ2n) is 5.16. The molecular formula is C10H22N2O2. The highest BCUT2D eigenvalue weighted by atomic mass is 16.7. The van der Waals surface area contributed by atoms with Crippen LogP contribution in [0.15, 0.2) is 0 Å². The number of hydroxylamine groups is 4. The molecule has 84 valence electrons. The smallest absolute Gasteiger partial charge is 0.0657 e. The Labute approximate surface area is 86.4 Å². The maximum atomic E-state index is 9.62. The van der Waals surface area contributed by atoms with Gasteiger partial charge in [-0.1, -0.05) is 0 Å². The Morgan fingerprint density at radius 1 is 1.14 bits per heavy atom. The lowest BCUT2D eigenvalue weighted by Gasteiger charge is -2.53. The van der Waals surface area contributed by atoms with Crippen LogP contribution in [0.2, 0.25) is 0 Å². The second kappa shape index (κ2) is 3.77. The molecule has 0 aromatic rings. The molecule has 0 aromatic carbocycles. The van der Waals surface area contributed by atoms with Crippen LogP contribution in [0.4, 0.5) is 0 Å². The quantitative estimate of drug-likeness (QED) is 0.736. The third-order valence-electron chi connectivity index (χ3n) is 2.50. The van der Waals surface area contributed by atoms with Crippen LogP contribution in [0.1, 0.15) is 34.6 Å². The SMILES string of the molecule is CCON1C(C)(C)CN(O)CC1(C)C. The normalized spacial score (nSPS) is 27.9. The minimum atomic E-state index is -0.160. The van der Waals surface area contributed by atoms with Crippen LogP contribution >= 0.6 is 0 Å². The molecule has 1 heterocycles. The zero-order valence-corrected chi connectivity index (χ0v) is 9.87. The van der Waals surface area contributed by atoms with Crippen LogP contribution in [-0.2, 0) is 4.84 Å². The van der Waals surface area contributed by atoms with Crippen LogP contribution in [0.3, 0.4) is 0 Å². The molecule has 0 bridgehead atoms. The van der Waals surface area contributed by atoms with Gasteiger partial charge < -0.3 is 5.21 Å². The largest absolute Gasteiger partial charge is 0.314 e.